The molecular weight excluding hydrogens is 520 g/mol. The number of ether oxygens (including phenoxy) is 2. The third-order valence-electron chi connectivity index (χ3n) is 6.53. The summed E-state index contributed by atoms with van der Waals surface area (Å²) in [6.07, 6.45) is 2.35. The van der Waals surface area contributed by atoms with Gasteiger partial charge in [-0.25, -0.2) is 18.1 Å². The Balaban J connectivity index is 1.43. The van der Waals surface area contributed by atoms with Gasteiger partial charge in [0.2, 0.25) is 10.0 Å². The molecule has 1 fully saturated rings. The Morgan fingerprint density at radius 1 is 1.11 bits per heavy atom. The fourth-order valence-electron chi connectivity index (χ4n) is 4.42. The quantitative estimate of drug-likeness (QED) is 0.195. The lowest BCUT2D eigenvalue weighted by Crippen LogP contribution is -2.30. The highest BCUT2D eigenvalue weighted by molar-refractivity contribution is 7.89. The van der Waals surface area contributed by atoms with Gasteiger partial charge < -0.3 is 15.2 Å². The third kappa shape index (κ3) is 6.39. The van der Waals surface area contributed by atoms with Crippen molar-refractivity contribution in [3.05, 3.63) is 88.9 Å². The average molecular weight is 551 g/mol. The van der Waals surface area contributed by atoms with E-state index in [0.29, 0.717) is 29.5 Å². The topological polar surface area (TPSA) is 127 Å². The first-order chi connectivity index (χ1) is 18.4. The van der Waals surface area contributed by atoms with Crippen LogP contribution in [0.5, 0.6) is 5.75 Å². The molecule has 10 heteroatoms. The fraction of sp³-hybridized carbons (Fsp3) is 0.286. The van der Waals surface area contributed by atoms with E-state index >= 15 is 0 Å². The predicted molar refractivity (Wildman–Crippen MR) is 149 cm³/mol. The molecule has 38 heavy (non-hydrogen) atoms. The first kappa shape index (κ1) is 26.3. The molecule has 1 aromatic heterocycles. The Kier molecular flexibility index (Phi) is 8.04. The molecule has 0 bridgehead atoms. The number of hydrogen-bond acceptors (Lipinski definition) is 7. The summed E-state index contributed by atoms with van der Waals surface area (Å²) in [6, 6.07) is 20.7. The summed E-state index contributed by atoms with van der Waals surface area (Å²) in [5, 5.41) is 8.41. The van der Waals surface area contributed by atoms with E-state index in [2.05, 4.69) is 4.72 Å². The molecule has 1 aliphatic rings. The predicted octanol–water partition coefficient (Wildman–Crippen LogP) is 4.65. The standard InChI is InChI=1S/C28H30N4O4S2/c29-27(30)21-6-4-5-20(15-21)16-25(32-38(33,34)23-7-2-1-3-8-23)28-31-24-10-9-22(17-26(24)37-28)36-18-19-11-13-35-14-12-19/h1-10,15,17,19,25,32H,11-14,16,18H2,(H3,29,30). The maximum atomic E-state index is 13.3. The van der Waals surface area contributed by atoms with E-state index in [1.54, 1.807) is 36.4 Å². The van der Waals surface area contributed by atoms with E-state index in [-0.39, 0.29) is 10.7 Å². The minimum absolute atomic E-state index is 0.0402. The molecule has 198 valence electrons. The van der Waals surface area contributed by atoms with Gasteiger partial charge in [-0.3, -0.25) is 5.41 Å². The van der Waals surface area contributed by atoms with E-state index in [4.69, 9.17) is 25.6 Å². The third-order valence-corrected chi connectivity index (χ3v) is 9.15. The van der Waals surface area contributed by atoms with Crippen molar-refractivity contribution in [2.24, 2.45) is 11.7 Å². The maximum Gasteiger partial charge on any atom is 0.241 e. The van der Waals surface area contributed by atoms with Crippen molar-refractivity contribution in [2.45, 2.75) is 30.2 Å². The Labute approximate surface area is 226 Å². The van der Waals surface area contributed by atoms with Gasteiger partial charge in [0.1, 0.15) is 16.6 Å². The lowest BCUT2D eigenvalue weighted by molar-refractivity contribution is 0.0498. The normalized spacial score (nSPS) is 15.4. The van der Waals surface area contributed by atoms with E-state index in [9.17, 15) is 8.42 Å². The van der Waals surface area contributed by atoms with Crippen molar-refractivity contribution in [1.29, 1.82) is 5.41 Å². The molecule has 0 saturated carbocycles. The number of nitrogens with one attached hydrogen (secondary N) is 2. The Bertz CT molecular complexity index is 1520. The molecule has 3 aromatic carbocycles. The highest BCUT2D eigenvalue weighted by Crippen LogP contribution is 2.32. The van der Waals surface area contributed by atoms with E-state index < -0.39 is 16.1 Å². The first-order valence-corrected chi connectivity index (χ1v) is 14.8. The summed E-state index contributed by atoms with van der Waals surface area (Å²) < 4.78 is 41.8. The number of nitrogen functional groups attached to an aromatic ring is 1. The number of hydrogen-bond donors (Lipinski definition) is 3. The number of fused-ring (bicyclic) bond motifs is 1. The van der Waals surface area contributed by atoms with Crippen molar-refractivity contribution in [1.82, 2.24) is 9.71 Å². The molecule has 8 nitrogen and oxygen atoms in total. The molecule has 1 aliphatic heterocycles. The summed E-state index contributed by atoms with van der Waals surface area (Å²) in [5.41, 5.74) is 7.90. The maximum absolute atomic E-state index is 13.3. The molecule has 1 saturated heterocycles. The molecule has 1 atom stereocenters. The van der Waals surface area contributed by atoms with Gasteiger partial charge in [-0.1, -0.05) is 36.4 Å². The Hall–Kier alpha value is -3.31. The van der Waals surface area contributed by atoms with Crippen LogP contribution in [0.3, 0.4) is 0 Å². The van der Waals surface area contributed by atoms with Crippen LogP contribution in [0.2, 0.25) is 0 Å². The summed E-state index contributed by atoms with van der Waals surface area (Å²) in [4.78, 5) is 4.98. The molecule has 0 amide bonds. The molecule has 2 heterocycles. The largest absolute Gasteiger partial charge is 0.493 e. The number of thiazole rings is 1. The zero-order chi connectivity index (χ0) is 26.5. The monoisotopic (exact) mass is 550 g/mol. The molecular formula is C28H30N4O4S2. The minimum atomic E-state index is -3.81. The molecule has 0 radical (unpaired) electrons. The zero-order valence-electron chi connectivity index (χ0n) is 20.8. The number of rotatable bonds is 10. The second kappa shape index (κ2) is 11.6. The lowest BCUT2D eigenvalue weighted by atomic mass is 10.0. The zero-order valence-corrected chi connectivity index (χ0v) is 22.4. The minimum Gasteiger partial charge on any atom is -0.493 e. The van der Waals surface area contributed by atoms with Crippen molar-refractivity contribution in [3.8, 4) is 5.75 Å². The Morgan fingerprint density at radius 3 is 2.66 bits per heavy atom. The van der Waals surface area contributed by atoms with Gasteiger partial charge in [-0.15, -0.1) is 11.3 Å². The van der Waals surface area contributed by atoms with Gasteiger partial charge in [-0.2, -0.15) is 0 Å². The van der Waals surface area contributed by atoms with Gasteiger partial charge in [0.05, 0.1) is 27.8 Å². The van der Waals surface area contributed by atoms with E-state index in [1.165, 1.54) is 11.3 Å². The molecule has 0 aliphatic carbocycles. The highest BCUT2D eigenvalue weighted by atomic mass is 32.2. The number of aromatic nitrogens is 1. The molecule has 4 N–H and O–H groups in total. The smallest absolute Gasteiger partial charge is 0.241 e. The highest BCUT2D eigenvalue weighted by Gasteiger charge is 2.25. The number of nitrogens with zero attached hydrogens (tertiary/aromatic N) is 1. The molecule has 0 spiro atoms. The SMILES string of the molecule is N=C(N)c1cccc(CC(NS(=O)(=O)c2ccccc2)c2nc3ccc(OCC4CCOCC4)cc3s2)c1. The van der Waals surface area contributed by atoms with E-state index in [0.717, 1.165) is 47.6 Å². The second-order valence-electron chi connectivity index (χ2n) is 9.35. The summed E-state index contributed by atoms with van der Waals surface area (Å²) in [5.74, 6) is 1.22. The van der Waals surface area contributed by atoms with Crippen LogP contribution in [0.4, 0.5) is 0 Å². The molecule has 5 rings (SSSR count). The van der Waals surface area contributed by atoms with Crippen LogP contribution in [-0.2, 0) is 21.2 Å². The Morgan fingerprint density at radius 2 is 1.89 bits per heavy atom. The van der Waals surface area contributed by atoms with E-state index in [1.807, 2.05) is 36.4 Å². The summed E-state index contributed by atoms with van der Waals surface area (Å²) in [6.45, 7) is 2.20. The second-order valence-corrected chi connectivity index (χ2v) is 12.1. The van der Waals surface area contributed by atoms with Gasteiger partial charge in [0.25, 0.3) is 0 Å². The van der Waals surface area contributed by atoms with Crippen LogP contribution in [0.25, 0.3) is 10.2 Å². The van der Waals surface area contributed by atoms with Crippen LogP contribution in [-0.4, -0.2) is 39.1 Å². The van der Waals surface area contributed by atoms with Crippen molar-refractivity contribution >= 4 is 37.4 Å². The molecule has 4 aromatic rings. The van der Waals surface area contributed by atoms with Gasteiger partial charge >= 0.3 is 0 Å². The number of benzene rings is 3. The fourth-order valence-corrected chi connectivity index (χ4v) is 6.77. The van der Waals surface area contributed by atoms with Crippen LogP contribution in [0.15, 0.2) is 77.7 Å². The number of amidine groups is 1. The lowest BCUT2D eigenvalue weighted by Gasteiger charge is -2.22. The van der Waals surface area contributed by atoms with Gasteiger partial charge in [0.15, 0.2) is 0 Å². The average Bonchev–Trinajstić information content (AvgIpc) is 3.36. The van der Waals surface area contributed by atoms with Gasteiger partial charge in [-0.05, 0) is 67.1 Å². The van der Waals surface area contributed by atoms with Crippen molar-refractivity contribution < 1.29 is 17.9 Å². The first-order valence-electron chi connectivity index (χ1n) is 12.5. The number of nitrogens with two attached hydrogens (primary N) is 1. The van der Waals surface area contributed by atoms with Crippen LogP contribution < -0.4 is 15.2 Å². The summed E-state index contributed by atoms with van der Waals surface area (Å²) in [7, 11) is -3.81. The van der Waals surface area contributed by atoms with Crippen molar-refractivity contribution in [2.75, 3.05) is 19.8 Å². The molecule has 1 unspecified atom stereocenters. The van der Waals surface area contributed by atoms with Gasteiger partial charge in [0, 0.05) is 18.8 Å². The van der Waals surface area contributed by atoms with Crippen LogP contribution in [0, 0.1) is 11.3 Å². The summed E-state index contributed by atoms with van der Waals surface area (Å²) >= 11 is 1.44. The van der Waals surface area contributed by atoms with Crippen molar-refractivity contribution in [3.63, 3.8) is 0 Å². The van der Waals surface area contributed by atoms with Crippen LogP contribution >= 0.6 is 11.3 Å². The van der Waals surface area contributed by atoms with Crippen LogP contribution in [0.1, 0.15) is 35.0 Å². The number of sulfonamides is 1.